The Morgan fingerprint density at radius 3 is 2.71 bits per heavy atom. The van der Waals surface area contributed by atoms with Crippen LogP contribution in [0.25, 0.3) is 0 Å². The lowest BCUT2D eigenvalue weighted by molar-refractivity contribution is 0.257. The maximum Gasteiger partial charge on any atom is 0.229 e. The van der Waals surface area contributed by atoms with Crippen LogP contribution in [-0.4, -0.2) is 16.7 Å². The first-order valence-corrected chi connectivity index (χ1v) is 6.76. The van der Waals surface area contributed by atoms with Gasteiger partial charge in [0.2, 0.25) is 11.7 Å². The van der Waals surface area contributed by atoms with Crippen molar-refractivity contribution >= 4 is 0 Å². The first-order valence-electron chi connectivity index (χ1n) is 6.76. The molecule has 6 heteroatoms. The van der Waals surface area contributed by atoms with Gasteiger partial charge >= 0.3 is 0 Å². The fourth-order valence-corrected chi connectivity index (χ4v) is 1.67. The molecule has 2 rings (SSSR count). The minimum Gasteiger partial charge on any atom is -0.490 e. The molecule has 0 spiro atoms. The van der Waals surface area contributed by atoms with Crippen molar-refractivity contribution in [2.24, 2.45) is 0 Å². The summed E-state index contributed by atoms with van der Waals surface area (Å²) in [7, 11) is 0. The Morgan fingerprint density at radius 2 is 2.10 bits per heavy atom. The van der Waals surface area contributed by atoms with Gasteiger partial charge in [0.1, 0.15) is 0 Å². The number of nitriles is 1. The van der Waals surface area contributed by atoms with E-state index in [0.29, 0.717) is 35.4 Å². The topological polar surface area (TPSA) is 81.2 Å². The van der Waals surface area contributed by atoms with E-state index in [2.05, 4.69) is 16.2 Å². The highest BCUT2D eigenvalue weighted by atomic mass is 16.5. The molecular formula is C15H17N3O3. The molecule has 0 fully saturated rings. The van der Waals surface area contributed by atoms with Crippen molar-refractivity contribution in [3.05, 3.63) is 35.5 Å². The van der Waals surface area contributed by atoms with Gasteiger partial charge in [-0.25, -0.2) is 0 Å². The summed E-state index contributed by atoms with van der Waals surface area (Å²) in [4.78, 5) is 4.24. The van der Waals surface area contributed by atoms with Crippen LogP contribution in [0, 0.1) is 11.3 Å². The van der Waals surface area contributed by atoms with Crippen LogP contribution in [0.3, 0.4) is 0 Å². The first-order chi connectivity index (χ1) is 10.1. The molecule has 0 amide bonds. The summed E-state index contributed by atoms with van der Waals surface area (Å²) in [5.74, 6) is 2.32. The molecular weight excluding hydrogens is 270 g/mol. The summed E-state index contributed by atoms with van der Waals surface area (Å²) in [6.45, 7) is 6.50. The average Bonchev–Trinajstić information content (AvgIpc) is 2.95. The lowest BCUT2D eigenvalue weighted by atomic mass is 10.2. The minimum atomic E-state index is 0.181. The molecule has 2 aromatic rings. The summed E-state index contributed by atoms with van der Waals surface area (Å²) < 4.78 is 16.2. The molecule has 21 heavy (non-hydrogen) atoms. The van der Waals surface area contributed by atoms with E-state index in [1.165, 1.54) is 0 Å². The molecule has 1 aromatic carbocycles. The van der Waals surface area contributed by atoms with Gasteiger partial charge in [0.25, 0.3) is 0 Å². The van der Waals surface area contributed by atoms with Crippen LogP contribution in [-0.2, 0) is 6.61 Å². The maximum atomic E-state index is 8.91. The van der Waals surface area contributed by atoms with Crippen molar-refractivity contribution in [2.45, 2.75) is 33.3 Å². The Morgan fingerprint density at radius 1 is 1.29 bits per heavy atom. The molecule has 0 N–H and O–H groups in total. The van der Waals surface area contributed by atoms with Crippen LogP contribution in [0.15, 0.2) is 22.7 Å². The molecule has 0 aliphatic rings. The molecule has 110 valence electrons. The third-order valence-corrected chi connectivity index (χ3v) is 2.71. The molecule has 1 aromatic heterocycles. The van der Waals surface area contributed by atoms with Crippen LogP contribution in [0.4, 0.5) is 0 Å². The fraction of sp³-hybridized carbons (Fsp3) is 0.400. The van der Waals surface area contributed by atoms with Crippen LogP contribution in [0.2, 0.25) is 0 Å². The molecule has 1 heterocycles. The SMILES string of the molecule is CCOc1cc(C#N)ccc1OCc1noc(C(C)C)n1. The molecule has 0 aliphatic heterocycles. The molecule has 0 saturated heterocycles. The van der Waals surface area contributed by atoms with Gasteiger partial charge in [0, 0.05) is 12.0 Å². The highest BCUT2D eigenvalue weighted by Gasteiger charge is 2.12. The Balaban J connectivity index is 2.09. The number of aromatic nitrogens is 2. The first kappa shape index (κ1) is 14.9. The van der Waals surface area contributed by atoms with Crippen molar-refractivity contribution in [1.82, 2.24) is 10.1 Å². The standard InChI is InChI=1S/C15H17N3O3/c1-4-19-13-7-11(8-16)5-6-12(13)20-9-14-17-15(10(2)3)21-18-14/h5-7,10H,4,9H2,1-3H3. The minimum absolute atomic E-state index is 0.181. The zero-order valence-corrected chi connectivity index (χ0v) is 12.3. The van der Waals surface area contributed by atoms with E-state index in [-0.39, 0.29) is 12.5 Å². The maximum absolute atomic E-state index is 8.91. The normalized spacial score (nSPS) is 10.4. The van der Waals surface area contributed by atoms with E-state index in [4.69, 9.17) is 19.3 Å². The van der Waals surface area contributed by atoms with E-state index >= 15 is 0 Å². The molecule has 0 radical (unpaired) electrons. The van der Waals surface area contributed by atoms with E-state index in [9.17, 15) is 0 Å². The fourth-order valence-electron chi connectivity index (χ4n) is 1.67. The van der Waals surface area contributed by atoms with Crippen molar-refractivity contribution in [3.8, 4) is 17.6 Å². The summed E-state index contributed by atoms with van der Waals surface area (Å²) in [6.07, 6.45) is 0. The van der Waals surface area contributed by atoms with Crippen molar-refractivity contribution < 1.29 is 14.0 Å². The molecule has 0 bridgehead atoms. The van der Waals surface area contributed by atoms with Gasteiger partial charge in [-0.15, -0.1) is 0 Å². The monoisotopic (exact) mass is 287 g/mol. The average molecular weight is 287 g/mol. The lowest BCUT2D eigenvalue weighted by Gasteiger charge is -2.10. The molecule has 6 nitrogen and oxygen atoms in total. The van der Waals surface area contributed by atoms with Crippen LogP contribution in [0.5, 0.6) is 11.5 Å². The Hall–Kier alpha value is -2.55. The predicted molar refractivity (Wildman–Crippen MR) is 75.0 cm³/mol. The Kier molecular flexibility index (Phi) is 4.77. The number of benzene rings is 1. The van der Waals surface area contributed by atoms with Gasteiger partial charge in [-0.05, 0) is 19.1 Å². The van der Waals surface area contributed by atoms with Gasteiger partial charge in [0.15, 0.2) is 18.1 Å². The second-order valence-corrected chi connectivity index (χ2v) is 4.70. The Labute approximate surface area is 123 Å². The predicted octanol–water partition coefficient (Wildman–Crippen LogP) is 3.04. The highest BCUT2D eigenvalue weighted by Crippen LogP contribution is 2.29. The number of hydrogen-bond acceptors (Lipinski definition) is 6. The van der Waals surface area contributed by atoms with E-state index < -0.39 is 0 Å². The highest BCUT2D eigenvalue weighted by molar-refractivity contribution is 5.46. The summed E-state index contributed by atoms with van der Waals surface area (Å²) in [5, 5.41) is 12.8. The number of hydrogen-bond donors (Lipinski definition) is 0. The number of nitrogens with zero attached hydrogens (tertiary/aromatic N) is 3. The van der Waals surface area contributed by atoms with Gasteiger partial charge in [-0.1, -0.05) is 19.0 Å². The van der Waals surface area contributed by atoms with Crippen molar-refractivity contribution in [1.29, 1.82) is 5.26 Å². The summed E-state index contributed by atoms with van der Waals surface area (Å²) in [5.41, 5.74) is 0.521. The van der Waals surface area contributed by atoms with Crippen LogP contribution in [0.1, 0.15) is 44.0 Å². The third-order valence-electron chi connectivity index (χ3n) is 2.71. The largest absolute Gasteiger partial charge is 0.490 e. The quantitative estimate of drug-likeness (QED) is 0.812. The van der Waals surface area contributed by atoms with Crippen molar-refractivity contribution in [3.63, 3.8) is 0 Å². The van der Waals surface area contributed by atoms with E-state index in [1.807, 2.05) is 20.8 Å². The molecule has 0 saturated carbocycles. The van der Waals surface area contributed by atoms with E-state index in [1.54, 1.807) is 18.2 Å². The zero-order valence-electron chi connectivity index (χ0n) is 12.3. The molecule has 0 aliphatic carbocycles. The molecule has 0 atom stereocenters. The summed E-state index contributed by atoms with van der Waals surface area (Å²) >= 11 is 0. The second-order valence-electron chi connectivity index (χ2n) is 4.70. The summed E-state index contributed by atoms with van der Waals surface area (Å²) in [6, 6.07) is 7.09. The van der Waals surface area contributed by atoms with Crippen molar-refractivity contribution in [2.75, 3.05) is 6.61 Å². The number of ether oxygens (including phenoxy) is 2. The lowest BCUT2D eigenvalue weighted by Crippen LogP contribution is -2.01. The third kappa shape index (κ3) is 3.72. The van der Waals surface area contributed by atoms with Gasteiger partial charge in [0.05, 0.1) is 18.2 Å². The van der Waals surface area contributed by atoms with Crippen LogP contribution < -0.4 is 9.47 Å². The van der Waals surface area contributed by atoms with E-state index in [0.717, 1.165) is 0 Å². The smallest absolute Gasteiger partial charge is 0.229 e. The van der Waals surface area contributed by atoms with Gasteiger partial charge in [-0.2, -0.15) is 10.2 Å². The second kappa shape index (κ2) is 6.75. The van der Waals surface area contributed by atoms with Gasteiger partial charge < -0.3 is 14.0 Å². The zero-order chi connectivity index (χ0) is 15.2. The van der Waals surface area contributed by atoms with Crippen LogP contribution >= 0.6 is 0 Å². The van der Waals surface area contributed by atoms with Gasteiger partial charge in [-0.3, -0.25) is 0 Å². The number of rotatable bonds is 6. The Bertz CT molecular complexity index is 644. The molecule has 0 unspecified atom stereocenters.